The van der Waals surface area contributed by atoms with Gasteiger partial charge in [0, 0.05) is 25.7 Å². The average molecular weight is 354 g/mol. The van der Waals surface area contributed by atoms with Gasteiger partial charge in [-0.05, 0) is 49.2 Å². The predicted octanol–water partition coefficient (Wildman–Crippen LogP) is 3.11. The molecule has 0 atom stereocenters. The van der Waals surface area contributed by atoms with Gasteiger partial charge in [0.25, 0.3) is 0 Å². The molecule has 0 saturated heterocycles. The van der Waals surface area contributed by atoms with E-state index in [1.165, 1.54) is 6.92 Å². The molecule has 0 radical (unpaired) electrons. The number of rotatable bonds is 8. The number of nitrogens with one attached hydrogen (secondary N) is 1. The van der Waals surface area contributed by atoms with E-state index in [-0.39, 0.29) is 11.8 Å². The van der Waals surface area contributed by atoms with Crippen LogP contribution in [-0.2, 0) is 16.0 Å². The Bertz CT molecular complexity index is 741. The summed E-state index contributed by atoms with van der Waals surface area (Å²) in [4.78, 5) is 25.7. The van der Waals surface area contributed by atoms with E-state index in [2.05, 4.69) is 5.32 Å². The fraction of sp³-hybridized carbons (Fsp3) is 0.333. The van der Waals surface area contributed by atoms with Crippen LogP contribution in [0.15, 0.2) is 48.5 Å². The standard InChI is InChI=1S/C21H26N2O3/c1-4-26-20-11-9-19(10-12-20)23(17(3)24)14-13-22-21(25)15-18-8-6-5-7-16(18)2/h5-12H,4,13-15H2,1-3H3,(H,22,25). The quantitative estimate of drug-likeness (QED) is 0.792. The van der Waals surface area contributed by atoms with Crippen LogP contribution in [0.25, 0.3) is 0 Å². The van der Waals surface area contributed by atoms with Crippen molar-refractivity contribution in [1.82, 2.24) is 5.32 Å². The molecule has 5 nitrogen and oxygen atoms in total. The third-order valence-electron chi connectivity index (χ3n) is 4.11. The zero-order valence-electron chi connectivity index (χ0n) is 15.6. The van der Waals surface area contributed by atoms with Crippen molar-refractivity contribution in [2.24, 2.45) is 0 Å². The van der Waals surface area contributed by atoms with Crippen LogP contribution in [-0.4, -0.2) is 31.5 Å². The normalized spacial score (nSPS) is 10.3. The van der Waals surface area contributed by atoms with Gasteiger partial charge in [0.1, 0.15) is 5.75 Å². The topological polar surface area (TPSA) is 58.6 Å². The lowest BCUT2D eigenvalue weighted by molar-refractivity contribution is -0.121. The largest absolute Gasteiger partial charge is 0.494 e. The summed E-state index contributed by atoms with van der Waals surface area (Å²) in [5.74, 6) is 0.656. The van der Waals surface area contributed by atoms with Crippen molar-refractivity contribution in [3.8, 4) is 5.75 Å². The summed E-state index contributed by atoms with van der Waals surface area (Å²) in [6.45, 7) is 6.86. The van der Waals surface area contributed by atoms with Crippen molar-refractivity contribution in [1.29, 1.82) is 0 Å². The lowest BCUT2D eigenvalue weighted by Gasteiger charge is -2.21. The van der Waals surface area contributed by atoms with E-state index in [1.54, 1.807) is 4.90 Å². The first-order valence-electron chi connectivity index (χ1n) is 8.83. The van der Waals surface area contributed by atoms with Gasteiger partial charge >= 0.3 is 0 Å². The molecule has 1 N–H and O–H groups in total. The first-order chi connectivity index (χ1) is 12.5. The molecule has 5 heteroatoms. The molecule has 138 valence electrons. The maximum atomic E-state index is 12.1. The van der Waals surface area contributed by atoms with Crippen molar-refractivity contribution in [2.75, 3.05) is 24.6 Å². The van der Waals surface area contributed by atoms with Crippen LogP contribution in [0.3, 0.4) is 0 Å². The molecule has 2 aromatic rings. The number of aryl methyl sites for hydroxylation is 1. The fourth-order valence-corrected chi connectivity index (χ4v) is 2.71. The predicted molar refractivity (Wildman–Crippen MR) is 104 cm³/mol. The lowest BCUT2D eigenvalue weighted by Crippen LogP contribution is -2.38. The smallest absolute Gasteiger partial charge is 0.224 e. The molecule has 0 aliphatic carbocycles. The molecule has 26 heavy (non-hydrogen) atoms. The highest BCUT2D eigenvalue weighted by Crippen LogP contribution is 2.19. The Hall–Kier alpha value is -2.82. The Labute approximate surface area is 155 Å². The summed E-state index contributed by atoms with van der Waals surface area (Å²) < 4.78 is 5.42. The maximum Gasteiger partial charge on any atom is 0.224 e. The Morgan fingerprint density at radius 1 is 1.08 bits per heavy atom. The maximum absolute atomic E-state index is 12.1. The molecular formula is C21H26N2O3. The minimum Gasteiger partial charge on any atom is -0.494 e. The highest BCUT2D eigenvalue weighted by Gasteiger charge is 2.12. The molecule has 0 fully saturated rings. The highest BCUT2D eigenvalue weighted by molar-refractivity contribution is 5.91. The third-order valence-corrected chi connectivity index (χ3v) is 4.11. The average Bonchev–Trinajstić information content (AvgIpc) is 2.62. The number of anilines is 1. The van der Waals surface area contributed by atoms with Gasteiger partial charge in [-0.2, -0.15) is 0 Å². The second-order valence-corrected chi connectivity index (χ2v) is 6.05. The number of nitrogens with zero attached hydrogens (tertiary/aromatic N) is 1. The second-order valence-electron chi connectivity index (χ2n) is 6.05. The number of carbonyl (C=O) groups is 2. The zero-order valence-corrected chi connectivity index (χ0v) is 15.6. The van der Waals surface area contributed by atoms with E-state index < -0.39 is 0 Å². The van der Waals surface area contributed by atoms with Gasteiger partial charge in [-0.15, -0.1) is 0 Å². The molecule has 0 aliphatic rings. The van der Waals surface area contributed by atoms with Crippen molar-refractivity contribution in [2.45, 2.75) is 27.2 Å². The fourth-order valence-electron chi connectivity index (χ4n) is 2.71. The molecule has 0 aliphatic heterocycles. The van der Waals surface area contributed by atoms with Gasteiger partial charge in [-0.25, -0.2) is 0 Å². The van der Waals surface area contributed by atoms with Crippen LogP contribution < -0.4 is 15.0 Å². The number of ether oxygens (including phenoxy) is 1. The molecule has 0 aromatic heterocycles. The minimum absolute atomic E-state index is 0.0468. The van der Waals surface area contributed by atoms with Crippen LogP contribution >= 0.6 is 0 Å². The molecule has 2 aromatic carbocycles. The first-order valence-corrected chi connectivity index (χ1v) is 8.83. The van der Waals surface area contributed by atoms with E-state index in [0.29, 0.717) is 26.1 Å². The SMILES string of the molecule is CCOc1ccc(N(CCNC(=O)Cc2ccccc2C)C(C)=O)cc1. The minimum atomic E-state index is -0.0673. The van der Waals surface area contributed by atoms with Gasteiger partial charge in [0.15, 0.2) is 0 Å². The molecule has 0 heterocycles. The summed E-state index contributed by atoms with van der Waals surface area (Å²) >= 11 is 0. The van der Waals surface area contributed by atoms with E-state index in [0.717, 1.165) is 22.6 Å². The molecule has 0 spiro atoms. The van der Waals surface area contributed by atoms with Crippen molar-refractivity contribution in [3.05, 3.63) is 59.7 Å². The van der Waals surface area contributed by atoms with Gasteiger partial charge in [-0.1, -0.05) is 24.3 Å². The summed E-state index contributed by atoms with van der Waals surface area (Å²) in [7, 11) is 0. The molecule has 0 unspecified atom stereocenters. The van der Waals surface area contributed by atoms with Gasteiger partial charge in [-0.3, -0.25) is 9.59 Å². The first kappa shape index (κ1) is 19.5. The third kappa shape index (κ3) is 5.62. The van der Waals surface area contributed by atoms with Gasteiger partial charge in [0.2, 0.25) is 11.8 Å². The summed E-state index contributed by atoms with van der Waals surface area (Å²) in [6, 6.07) is 15.2. The number of carbonyl (C=O) groups excluding carboxylic acids is 2. The van der Waals surface area contributed by atoms with Crippen LogP contribution in [0.2, 0.25) is 0 Å². The lowest BCUT2D eigenvalue weighted by atomic mass is 10.1. The van der Waals surface area contributed by atoms with Gasteiger partial charge < -0.3 is 15.0 Å². The molecule has 0 saturated carbocycles. The summed E-state index contributed by atoms with van der Waals surface area (Å²) in [5, 5.41) is 2.89. The number of hydrogen-bond acceptors (Lipinski definition) is 3. The Kier molecular flexibility index (Phi) is 7.21. The molecule has 2 amide bonds. The van der Waals surface area contributed by atoms with E-state index >= 15 is 0 Å². The Morgan fingerprint density at radius 3 is 2.38 bits per heavy atom. The van der Waals surface area contributed by atoms with E-state index in [9.17, 15) is 9.59 Å². The Morgan fingerprint density at radius 2 is 1.77 bits per heavy atom. The van der Waals surface area contributed by atoms with E-state index in [1.807, 2.05) is 62.4 Å². The monoisotopic (exact) mass is 354 g/mol. The van der Waals surface area contributed by atoms with Crippen LogP contribution in [0.4, 0.5) is 5.69 Å². The molecule has 0 bridgehead atoms. The molecular weight excluding hydrogens is 328 g/mol. The molecule has 2 rings (SSSR count). The van der Waals surface area contributed by atoms with Crippen molar-refractivity contribution < 1.29 is 14.3 Å². The second kappa shape index (κ2) is 9.61. The number of hydrogen-bond donors (Lipinski definition) is 1. The zero-order chi connectivity index (χ0) is 18.9. The van der Waals surface area contributed by atoms with Crippen molar-refractivity contribution >= 4 is 17.5 Å². The summed E-state index contributed by atoms with van der Waals surface area (Å²) in [5.41, 5.74) is 2.90. The number of amides is 2. The van der Waals surface area contributed by atoms with E-state index in [4.69, 9.17) is 4.74 Å². The highest BCUT2D eigenvalue weighted by atomic mass is 16.5. The van der Waals surface area contributed by atoms with Crippen LogP contribution in [0, 0.1) is 6.92 Å². The number of benzene rings is 2. The van der Waals surface area contributed by atoms with Crippen LogP contribution in [0.5, 0.6) is 5.75 Å². The van der Waals surface area contributed by atoms with Crippen LogP contribution in [0.1, 0.15) is 25.0 Å². The summed E-state index contributed by atoms with van der Waals surface area (Å²) in [6.07, 6.45) is 0.343. The Balaban J connectivity index is 1.89. The van der Waals surface area contributed by atoms with Gasteiger partial charge in [0.05, 0.1) is 13.0 Å². The van der Waals surface area contributed by atoms with Crippen molar-refractivity contribution in [3.63, 3.8) is 0 Å².